The molecule has 1 rings (SSSR count). The molecule has 2 N–H and O–H groups in total. The molecule has 0 aromatic carbocycles. The standard InChI is InChI=1S/C13H23NO4/c1-13(2,3)18-12(17)14-8-10(7-11(15)16)9-5-4-6-9/h9-10H,4-8H2,1-3H3,(H,14,17)(H,15,16). The Morgan fingerprint density at radius 1 is 1.39 bits per heavy atom. The number of aliphatic carboxylic acids is 1. The van der Waals surface area contributed by atoms with Gasteiger partial charge in [0.1, 0.15) is 5.60 Å². The maximum atomic E-state index is 11.5. The van der Waals surface area contributed by atoms with E-state index in [-0.39, 0.29) is 12.3 Å². The molecule has 5 heteroatoms. The first-order chi connectivity index (χ1) is 8.28. The molecule has 18 heavy (non-hydrogen) atoms. The number of carboxylic acids is 1. The number of ether oxygens (including phenoxy) is 1. The highest BCUT2D eigenvalue weighted by Crippen LogP contribution is 2.34. The smallest absolute Gasteiger partial charge is 0.407 e. The first-order valence-corrected chi connectivity index (χ1v) is 6.46. The van der Waals surface area contributed by atoms with Gasteiger partial charge in [-0.05, 0) is 32.6 Å². The largest absolute Gasteiger partial charge is 0.481 e. The van der Waals surface area contributed by atoms with Crippen LogP contribution in [0.5, 0.6) is 0 Å². The summed E-state index contributed by atoms with van der Waals surface area (Å²) in [6, 6.07) is 0. The third-order valence-electron chi connectivity index (χ3n) is 3.16. The van der Waals surface area contributed by atoms with Crippen molar-refractivity contribution in [1.29, 1.82) is 0 Å². The average Bonchev–Trinajstić information content (AvgIpc) is 2.07. The third-order valence-corrected chi connectivity index (χ3v) is 3.16. The molecule has 104 valence electrons. The number of amides is 1. The fraction of sp³-hybridized carbons (Fsp3) is 0.846. The number of nitrogens with one attached hydrogen (secondary N) is 1. The van der Waals surface area contributed by atoms with E-state index in [2.05, 4.69) is 5.32 Å². The molecule has 0 radical (unpaired) electrons. The maximum absolute atomic E-state index is 11.5. The molecule has 1 aliphatic rings. The predicted octanol–water partition coefficient (Wildman–Crippen LogP) is 2.40. The molecule has 0 aromatic rings. The molecular formula is C13H23NO4. The normalized spacial score (nSPS) is 17.7. The summed E-state index contributed by atoms with van der Waals surface area (Å²) in [4.78, 5) is 22.3. The van der Waals surface area contributed by atoms with Crippen LogP contribution in [-0.4, -0.2) is 29.3 Å². The first kappa shape index (κ1) is 14.8. The van der Waals surface area contributed by atoms with E-state index in [0.717, 1.165) is 19.3 Å². The summed E-state index contributed by atoms with van der Waals surface area (Å²) in [5.41, 5.74) is -0.525. The van der Waals surface area contributed by atoms with Crippen LogP contribution in [0.25, 0.3) is 0 Å². The van der Waals surface area contributed by atoms with Crippen molar-refractivity contribution >= 4 is 12.1 Å². The molecule has 1 saturated carbocycles. The third kappa shape index (κ3) is 5.38. The van der Waals surface area contributed by atoms with Gasteiger partial charge in [-0.3, -0.25) is 4.79 Å². The Labute approximate surface area is 108 Å². The molecule has 1 unspecified atom stereocenters. The summed E-state index contributed by atoms with van der Waals surface area (Å²) in [6.07, 6.45) is 2.92. The highest BCUT2D eigenvalue weighted by Gasteiger charge is 2.29. The fourth-order valence-corrected chi connectivity index (χ4v) is 2.07. The summed E-state index contributed by atoms with van der Waals surface area (Å²) in [6.45, 7) is 5.78. The van der Waals surface area contributed by atoms with Gasteiger partial charge in [0.25, 0.3) is 0 Å². The van der Waals surface area contributed by atoms with Gasteiger partial charge in [-0.25, -0.2) is 4.79 Å². The van der Waals surface area contributed by atoms with Gasteiger partial charge in [0.2, 0.25) is 0 Å². The monoisotopic (exact) mass is 257 g/mol. The minimum atomic E-state index is -0.808. The number of hydrogen-bond acceptors (Lipinski definition) is 3. The van der Waals surface area contributed by atoms with E-state index in [1.807, 2.05) is 0 Å². The molecule has 0 bridgehead atoms. The summed E-state index contributed by atoms with van der Waals surface area (Å²) in [5, 5.41) is 11.5. The van der Waals surface area contributed by atoms with Crippen LogP contribution < -0.4 is 5.32 Å². The fourth-order valence-electron chi connectivity index (χ4n) is 2.07. The van der Waals surface area contributed by atoms with Crippen molar-refractivity contribution in [2.24, 2.45) is 11.8 Å². The lowest BCUT2D eigenvalue weighted by Gasteiger charge is -2.33. The molecule has 0 saturated heterocycles. The van der Waals surface area contributed by atoms with Gasteiger partial charge < -0.3 is 15.2 Å². The van der Waals surface area contributed by atoms with E-state index in [1.165, 1.54) is 0 Å². The number of rotatable bonds is 5. The number of alkyl carbamates (subject to hydrolysis) is 1. The van der Waals surface area contributed by atoms with Crippen molar-refractivity contribution < 1.29 is 19.4 Å². The highest BCUT2D eigenvalue weighted by atomic mass is 16.6. The molecule has 0 aliphatic heterocycles. The van der Waals surface area contributed by atoms with E-state index in [9.17, 15) is 9.59 Å². The van der Waals surface area contributed by atoms with Crippen LogP contribution in [-0.2, 0) is 9.53 Å². The molecule has 1 aliphatic carbocycles. The van der Waals surface area contributed by atoms with Crippen LogP contribution in [0.1, 0.15) is 46.5 Å². The van der Waals surface area contributed by atoms with Crippen LogP contribution in [0.15, 0.2) is 0 Å². The van der Waals surface area contributed by atoms with Crippen LogP contribution in [0.2, 0.25) is 0 Å². The molecule has 0 aromatic heterocycles. The van der Waals surface area contributed by atoms with Gasteiger partial charge in [-0.2, -0.15) is 0 Å². The van der Waals surface area contributed by atoms with Gasteiger partial charge >= 0.3 is 12.1 Å². The molecule has 0 spiro atoms. The lowest BCUT2D eigenvalue weighted by atomic mass is 9.74. The maximum Gasteiger partial charge on any atom is 0.407 e. The van der Waals surface area contributed by atoms with Crippen LogP contribution >= 0.6 is 0 Å². The van der Waals surface area contributed by atoms with E-state index in [0.29, 0.717) is 12.5 Å². The van der Waals surface area contributed by atoms with Crippen molar-refractivity contribution in [3.8, 4) is 0 Å². The molecular weight excluding hydrogens is 234 g/mol. The zero-order valence-corrected chi connectivity index (χ0v) is 11.4. The number of hydrogen-bond donors (Lipinski definition) is 2. The number of carbonyl (C=O) groups excluding carboxylic acids is 1. The van der Waals surface area contributed by atoms with Gasteiger partial charge in [-0.1, -0.05) is 19.3 Å². The molecule has 1 atom stereocenters. The second kappa shape index (κ2) is 6.07. The highest BCUT2D eigenvalue weighted by molar-refractivity contribution is 5.69. The van der Waals surface area contributed by atoms with Gasteiger partial charge in [0, 0.05) is 6.54 Å². The SMILES string of the molecule is CC(C)(C)OC(=O)NCC(CC(=O)O)C1CCC1. The van der Waals surface area contributed by atoms with E-state index >= 15 is 0 Å². The molecule has 5 nitrogen and oxygen atoms in total. The van der Waals surface area contributed by atoms with E-state index < -0.39 is 17.7 Å². The minimum absolute atomic E-state index is 0.0174. The van der Waals surface area contributed by atoms with Gasteiger partial charge in [0.05, 0.1) is 6.42 Å². The minimum Gasteiger partial charge on any atom is -0.481 e. The molecule has 1 amide bonds. The van der Waals surface area contributed by atoms with Crippen molar-refractivity contribution in [1.82, 2.24) is 5.32 Å². The Morgan fingerprint density at radius 3 is 2.39 bits per heavy atom. The quantitative estimate of drug-likeness (QED) is 0.793. The number of carbonyl (C=O) groups is 2. The van der Waals surface area contributed by atoms with Gasteiger partial charge in [0.15, 0.2) is 0 Å². The lowest BCUT2D eigenvalue weighted by Crippen LogP contribution is -2.39. The lowest BCUT2D eigenvalue weighted by molar-refractivity contribution is -0.138. The Balaban J connectivity index is 2.36. The summed E-state index contributed by atoms with van der Waals surface area (Å²) in [5.74, 6) is -0.363. The Kier molecular flexibility index (Phi) is 4.99. The molecule has 0 heterocycles. The van der Waals surface area contributed by atoms with Crippen LogP contribution in [0.3, 0.4) is 0 Å². The predicted molar refractivity (Wildman–Crippen MR) is 67.3 cm³/mol. The van der Waals surface area contributed by atoms with E-state index in [4.69, 9.17) is 9.84 Å². The van der Waals surface area contributed by atoms with Crippen LogP contribution in [0, 0.1) is 11.8 Å². The van der Waals surface area contributed by atoms with Crippen molar-refractivity contribution in [3.05, 3.63) is 0 Å². The topological polar surface area (TPSA) is 75.6 Å². The first-order valence-electron chi connectivity index (χ1n) is 6.46. The second-order valence-electron chi connectivity index (χ2n) is 5.93. The van der Waals surface area contributed by atoms with E-state index in [1.54, 1.807) is 20.8 Å². The van der Waals surface area contributed by atoms with Crippen molar-refractivity contribution in [3.63, 3.8) is 0 Å². The summed E-state index contributed by atoms with van der Waals surface area (Å²) >= 11 is 0. The second-order valence-corrected chi connectivity index (χ2v) is 5.93. The van der Waals surface area contributed by atoms with Gasteiger partial charge in [-0.15, -0.1) is 0 Å². The zero-order chi connectivity index (χ0) is 13.8. The zero-order valence-electron chi connectivity index (χ0n) is 11.4. The Hall–Kier alpha value is -1.26. The average molecular weight is 257 g/mol. The Bertz CT molecular complexity index is 305. The summed E-state index contributed by atoms with van der Waals surface area (Å²) < 4.78 is 5.13. The molecule has 1 fully saturated rings. The van der Waals surface area contributed by atoms with Crippen LogP contribution in [0.4, 0.5) is 4.79 Å². The van der Waals surface area contributed by atoms with Crippen molar-refractivity contribution in [2.75, 3.05) is 6.54 Å². The summed E-state index contributed by atoms with van der Waals surface area (Å²) in [7, 11) is 0. The number of carboxylic acid groups (broad SMARTS) is 1. The van der Waals surface area contributed by atoms with Crippen molar-refractivity contribution in [2.45, 2.75) is 52.1 Å². The Morgan fingerprint density at radius 2 is 2.00 bits per heavy atom.